The Balaban J connectivity index is 2.25. The molecule has 0 spiro atoms. The molecule has 2 aliphatic rings. The van der Waals surface area contributed by atoms with Crippen LogP contribution in [0.2, 0.25) is 0 Å². The molecule has 0 bridgehead atoms. The highest BCUT2D eigenvalue weighted by Crippen LogP contribution is 2.34. The standard InChI is InChI=1S/C33H60N6O5S/c1-20(2)22-14-16-39(25(22)29(42)36-23(26(40)28(34)41)18-21-12-11-13-21)30(43)27(33(6,7)8)38-31(44)37-24(32(3,4)5)19-35-15-9-10-17-45/h20-25,27,35,45H,9-19H2,1-8H3,(H2,34,41)(H,36,42)(H2,37,38,44)/p+1/t22-,23?,24-,25+,27-/m1/s1. The van der Waals surface area contributed by atoms with Crippen LogP contribution >= 0.6 is 12.6 Å². The minimum Gasteiger partial charge on any atom is -0.363 e. The van der Waals surface area contributed by atoms with Crippen LogP contribution in [0.5, 0.6) is 0 Å². The Labute approximate surface area is 276 Å². The number of nitrogens with zero attached hydrogens (tertiary/aromatic N) is 1. The maximum absolute atomic E-state index is 14.3. The van der Waals surface area contributed by atoms with Gasteiger partial charge < -0.3 is 31.9 Å². The van der Waals surface area contributed by atoms with Crippen molar-refractivity contribution in [3.63, 3.8) is 0 Å². The van der Waals surface area contributed by atoms with Crippen LogP contribution in [0.4, 0.5) is 4.79 Å². The molecule has 2 rings (SSSR count). The van der Waals surface area contributed by atoms with Gasteiger partial charge in [0.25, 0.3) is 5.91 Å². The summed E-state index contributed by atoms with van der Waals surface area (Å²) in [4.78, 5) is 67.7. The zero-order valence-corrected chi connectivity index (χ0v) is 29.8. The molecule has 1 saturated carbocycles. The normalized spacial score (nSPS) is 21.1. The second kappa shape index (κ2) is 17.0. The maximum Gasteiger partial charge on any atom is 0.315 e. The first-order valence-electron chi connectivity index (χ1n) is 16.8. The highest BCUT2D eigenvalue weighted by molar-refractivity contribution is 7.80. The molecule has 11 nitrogen and oxygen atoms in total. The second-order valence-corrected chi connectivity index (χ2v) is 16.0. The van der Waals surface area contributed by atoms with Crippen LogP contribution in [0.1, 0.15) is 100 Å². The van der Waals surface area contributed by atoms with Crippen molar-refractivity contribution in [1.82, 2.24) is 20.9 Å². The summed E-state index contributed by atoms with van der Waals surface area (Å²) in [5, 5.41) is 11.1. The summed E-state index contributed by atoms with van der Waals surface area (Å²) in [5.74, 6) is -1.67. The number of likely N-dealkylation sites (tertiary alicyclic amines) is 1. The van der Waals surface area contributed by atoms with Gasteiger partial charge in [0.15, 0.2) is 0 Å². The molecule has 0 aromatic carbocycles. The van der Waals surface area contributed by atoms with Gasteiger partial charge >= 0.3 is 6.03 Å². The number of hydrogen-bond acceptors (Lipinski definition) is 6. The Morgan fingerprint density at radius 3 is 2.07 bits per heavy atom. The lowest BCUT2D eigenvalue weighted by atomic mass is 9.80. The first kappa shape index (κ1) is 38.8. The summed E-state index contributed by atoms with van der Waals surface area (Å²) in [6.07, 6.45) is 5.98. The first-order chi connectivity index (χ1) is 20.9. The average molecular weight is 654 g/mol. The molecule has 1 unspecified atom stereocenters. The van der Waals surface area contributed by atoms with E-state index in [2.05, 4.69) is 54.7 Å². The monoisotopic (exact) mass is 653 g/mol. The summed E-state index contributed by atoms with van der Waals surface area (Å²) in [5.41, 5.74) is 4.47. The van der Waals surface area contributed by atoms with Gasteiger partial charge in [-0.1, -0.05) is 74.7 Å². The number of carbonyl (C=O) groups excluding carboxylic acids is 5. The zero-order chi connectivity index (χ0) is 34.1. The molecule has 0 radical (unpaired) electrons. The molecule has 1 heterocycles. The number of nitrogens with two attached hydrogens (primary N) is 2. The van der Waals surface area contributed by atoms with Crippen molar-refractivity contribution in [2.75, 3.05) is 25.4 Å². The Bertz CT molecular complexity index is 1040. The number of primary amides is 1. The summed E-state index contributed by atoms with van der Waals surface area (Å²) in [6.45, 7) is 17.9. The van der Waals surface area contributed by atoms with E-state index in [1.54, 1.807) is 4.90 Å². The SMILES string of the molecule is CC(C)[C@H]1CCN(C(=O)[C@@H](NC(=O)N[C@H](C[NH2+]CCCCS)C(C)(C)C)C(C)(C)C)[C@@H]1C(=O)NC(CC1CCC1)C(=O)C(N)=O. The lowest BCUT2D eigenvalue weighted by molar-refractivity contribution is -0.658. The molecule has 5 amide bonds. The zero-order valence-electron chi connectivity index (χ0n) is 28.9. The number of thiol groups is 1. The van der Waals surface area contributed by atoms with E-state index in [4.69, 9.17) is 5.73 Å². The third-order valence-electron chi connectivity index (χ3n) is 9.48. The molecule has 0 aromatic rings. The number of quaternary nitrogens is 1. The van der Waals surface area contributed by atoms with E-state index in [0.29, 0.717) is 25.9 Å². The summed E-state index contributed by atoms with van der Waals surface area (Å²) in [6, 6.07) is -3.34. The van der Waals surface area contributed by atoms with Crippen LogP contribution in [0.3, 0.4) is 0 Å². The van der Waals surface area contributed by atoms with Gasteiger partial charge in [0.1, 0.15) is 12.1 Å². The molecule has 1 saturated heterocycles. The van der Waals surface area contributed by atoms with Crippen molar-refractivity contribution in [2.24, 2.45) is 34.3 Å². The van der Waals surface area contributed by atoms with Gasteiger partial charge in [-0.2, -0.15) is 12.6 Å². The number of unbranched alkanes of at least 4 members (excludes halogenated alkanes) is 1. The molecule has 1 aliphatic carbocycles. The molecule has 258 valence electrons. The molecule has 5 atom stereocenters. The van der Waals surface area contributed by atoms with Crippen LogP contribution in [0.25, 0.3) is 0 Å². The Morgan fingerprint density at radius 1 is 0.933 bits per heavy atom. The van der Waals surface area contributed by atoms with Gasteiger partial charge in [-0.05, 0) is 60.0 Å². The lowest BCUT2D eigenvalue weighted by Gasteiger charge is -2.38. The molecule has 0 aromatic heterocycles. The Hall–Kier alpha value is -2.34. The highest BCUT2D eigenvalue weighted by Gasteiger charge is 2.48. The number of Topliss-reactive ketones (excluding diaryl/α,β-unsaturated/α-hetero) is 1. The van der Waals surface area contributed by atoms with Gasteiger partial charge in [-0.3, -0.25) is 19.2 Å². The van der Waals surface area contributed by atoms with Crippen LogP contribution in [0, 0.1) is 28.6 Å². The molecular formula is C33H61N6O5S+. The minimum atomic E-state index is -1.08. The van der Waals surface area contributed by atoms with Crippen molar-refractivity contribution in [2.45, 2.75) is 125 Å². The van der Waals surface area contributed by atoms with Crippen molar-refractivity contribution in [3.05, 3.63) is 0 Å². The lowest BCUT2D eigenvalue weighted by Crippen LogP contribution is -2.88. The topological polar surface area (TPSA) is 167 Å². The molecule has 2 fully saturated rings. The number of hydrogen-bond donors (Lipinski definition) is 6. The fourth-order valence-corrected chi connectivity index (χ4v) is 6.50. The molecule has 45 heavy (non-hydrogen) atoms. The number of amides is 5. The summed E-state index contributed by atoms with van der Waals surface area (Å²) >= 11 is 4.27. The predicted molar refractivity (Wildman–Crippen MR) is 179 cm³/mol. The third kappa shape index (κ3) is 11.4. The fourth-order valence-electron chi connectivity index (χ4n) is 6.28. The van der Waals surface area contributed by atoms with Crippen LogP contribution < -0.4 is 27.0 Å². The smallest absolute Gasteiger partial charge is 0.315 e. The number of ketones is 1. The quantitative estimate of drug-likeness (QED) is 0.0850. The van der Waals surface area contributed by atoms with Crippen LogP contribution in [-0.4, -0.2) is 84.0 Å². The number of carbonyl (C=O) groups is 5. The summed E-state index contributed by atoms with van der Waals surface area (Å²) in [7, 11) is 0. The van der Waals surface area contributed by atoms with E-state index < -0.39 is 47.2 Å². The molecule has 12 heteroatoms. The van der Waals surface area contributed by atoms with E-state index in [0.717, 1.165) is 44.4 Å². The first-order valence-corrected chi connectivity index (χ1v) is 17.5. The molecule has 1 aliphatic heterocycles. The van der Waals surface area contributed by atoms with Crippen LogP contribution in [-0.2, 0) is 19.2 Å². The van der Waals surface area contributed by atoms with Gasteiger partial charge in [0.2, 0.25) is 17.6 Å². The summed E-state index contributed by atoms with van der Waals surface area (Å²) < 4.78 is 0. The Morgan fingerprint density at radius 2 is 1.58 bits per heavy atom. The largest absolute Gasteiger partial charge is 0.363 e. The van der Waals surface area contributed by atoms with Crippen molar-refractivity contribution in [1.29, 1.82) is 0 Å². The van der Waals surface area contributed by atoms with Gasteiger partial charge in [0.05, 0.1) is 25.2 Å². The van der Waals surface area contributed by atoms with Gasteiger partial charge in [0, 0.05) is 6.54 Å². The third-order valence-corrected chi connectivity index (χ3v) is 9.80. The maximum atomic E-state index is 14.3. The number of rotatable bonds is 16. The van der Waals surface area contributed by atoms with E-state index >= 15 is 0 Å². The second-order valence-electron chi connectivity index (χ2n) is 15.6. The highest BCUT2D eigenvalue weighted by atomic mass is 32.1. The predicted octanol–water partition coefficient (Wildman–Crippen LogP) is 1.99. The van der Waals surface area contributed by atoms with Gasteiger partial charge in [-0.15, -0.1) is 0 Å². The van der Waals surface area contributed by atoms with Crippen molar-refractivity contribution in [3.8, 4) is 0 Å². The van der Waals surface area contributed by atoms with Crippen molar-refractivity contribution < 1.29 is 29.3 Å². The number of urea groups is 1. The van der Waals surface area contributed by atoms with Crippen LogP contribution in [0.15, 0.2) is 0 Å². The van der Waals surface area contributed by atoms with Gasteiger partial charge in [-0.25, -0.2) is 4.79 Å². The van der Waals surface area contributed by atoms with E-state index in [1.807, 2.05) is 34.6 Å². The van der Waals surface area contributed by atoms with E-state index in [9.17, 15) is 24.0 Å². The van der Waals surface area contributed by atoms with E-state index in [-0.39, 0.29) is 35.1 Å². The number of nitrogens with one attached hydrogen (secondary N) is 3. The Kier molecular flexibility index (Phi) is 14.7. The minimum absolute atomic E-state index is 0.0800. The fraction of sp³-hybridized carbons (Fsp3) is 0.848. The molecular weight excluding hydrogens is 592 g/mol. The van der Waals surface area contributed by atoms with Crippen molar-refractivity contribution >= 4 is 42.2 Å². The average Bonchev–Trinajstić information content (AvgIpc) is 3.36. The molecule has 7 N–H and O–H groups in total. The van der Waals surface area contributed by atoms with E-state index in [1.165, 1.54) is 0 Å².